The number of nitro groups is 1. The molecule has 0 aromatic heterocycles. The van der Waals surface area contributed by atoms with Gasteiger partial charge in [0.15, 0.2) is 0 Å². The number of hydrogen-bond acceptors (Lipinski definition) is 6. The van der Waals surface area contributed by atoms with Crippen LogP contribution in [0.2, 0.25) is 0 Å². The van der Waals surface area contributed by atoms with Gasteiger partial charge in [-0.3, -0.25) is 14.9 Å². The minimum atomic E-state index is -0.464. The first-order valence-corrected chi connectivity index (χ1v) is 9.91. The lowest BCUT2D eigenvalue weighted by Crippen LogP contribution is -2.20. The van der Waals surface area contributed by atoms with E-state index in [0.29, 0.717) is 11.3 Å². The van der Waals surface area contributed by atoms with Gasteiger partial charge in [-0.25, -0.2) is 5.43 Å². The average Bonchev–Trinajstić information content (AvgIpc) is 2.61. The molecule has 142 valence electrons. The molecule has 0 radical (unpaired) electrons. The Morgan fingerprint density at radius 1 is 1.33 bits per heavy atom. The molecule has 2 aromatic rings. The van der Waals surface area contributed by atoms with Crippen molar-refractivity contribution in [1.29, 1.82) is 0 Å². The highest BCUT2D eigenvalue weighted by atomic mass is 79.9. The van der Waals surface area contributed by atoms with E-state index in [9.17, 15) is 14.9 Å². The summed E-state index contributed by atoms with van der Waals surface area (Å²) < 4.78 is 1.00. The Labute approximate surface area is 170 Å². The fraction of sp³-hybridized carbons (Fsp3) is 0.222. The van der Waals surface area contributed by atoms with Crippen molar-refractivity contribution in [3.8, 4) is 0 Å². The third-order valence-electron chi connectivity index (χ3n) is 3.49. The minimum Gasteiger partial charge on any atom is -0.377 e. The third-order valence-corrected chi connectivity index (χ3v) is 4.98. The van der Waals surface area contributed by atoms with Crippen molar-refractivity contribution >= 4 is 51.2 Å². The molecule has 2 rings (SSSR count). The molecule has 7 nitrogen and oxygen atoms in total. The Morgan fingerprint density at radius 3 is 2.78 bits per heavy atom. The minimum absolute atomic E-state index is 0.0297. The first-order chi connectivity index (χ1) is 12.9. The number of nitrogens with one attached hydrogen (secondary N) is 1. The fourth-order valence-corrected chi connectivity index (χ4v) is 3.47. The smallest absolute Gasteiger partial charge is 0.270 e. The molecule has 0 saturated heterocycles. The van der Waals surface area contributed by atoms with E-state index in [2.05, 4.69) is 26.5 Å². The summed E-state index contributed by atoms with van der Waals surface area (Å²) in [5.41, 5.74) is 4.87. The van der Waals surface area contributed by atoms with Crippen LogP contribution in [0.1, 0.15) is 11.1 Å². The van der Waals surface area contributed by atoms with Crippen LogP contribution < -0.4 is 10.3 Å². The Kier molecular flexibility index (Phi) is 7.81. The number of thioether (sulfide) groups is 1. The Balaban J connectivity index is 1.91. The SMILES string of the molecule is CN(C)c1ccc([N+](=O)[O-])cc1/C=N\NC(=O)CSCc1cccc(Br)c1. The van der Waals surface area contributed by atoms with Crippen LogP contribution >= 0.6 is 27.7 Å². The first kappa shape index (κ1) is 20.9. The van der Waals surface area contributed by atoms with Gasteiger partial charge in [0.1, 0.15) is 0 Å². The molecular weight excluding hydrogens is 432 g/mol. The maximum Gasteiger partial charge on any atom is 0.270 e. The zero-order chi connectivity index (χ0) is 19.8. The second-order valence-corrected chi connectivity index (χ2v) is 7.71. The third kappa shape index (κ3) is 6.69. The normalized spacial score (nSPS) is 10.8. The van der Waals surface area contributed by atoms with Gasteiger partial charge in [0.25, 0.3) is 5.69 Å². The van der Waals surface area contributed by atoms with Gasteiger partial charge in [-0.05, 0) is 23.8 Å². The zero-order valence-electron chi connectivity index (χ0n) is 14.9. The molecule has 0 aliphatic rings. The van der Waals surface area contributed by atoms with E-state index >= 15 is 0 Å². The van der Waals surface area contributed by atoms with E-state index in [1.54, 1.807) is 6.07 Å². The molecule has 0 aliphatic heterocycles. The highest BCUT2D eigenvalue weighted by Crippen LogP contribution is 2.22. The van der Waals surface area contributed by atoms with Crippen molar-refractivity contribution < 1.29 is 9.72 Å². The van der Waals surface area contributed by atoms with E-state index in [-0.39, 0.29) is 17.3 Å². The maximum atomic E-state index is 11.9. The van der Waals surface area contributed by atoms with Gasteiger partial charge in [0.05, 0.1) is 16.9 Å². The highest BCUT2D eigenvalue weighted by molar-refractivity contribution is 9.10. The van der Waals surface area contributed by atoms with Gasteiger partial charge in [-0.2, -0.15) is 5.10 Å². The molecule has 0 heterocycles. The molecule has 1 amide bonds. The molecular formula is C18H19BrN4O3S. The molecule has 0 unspecified atom stereocenters. The van der Waals surface area contributed by atoms with Gasteiger partial charge in [0.2, 0.25) is 5.91 Å². The monoisotopic (exact) mass is 450 g/mol. The van der Waals surface area contributed by atoms with E-state index in [4.69, 9.17) is 0 Å². The van der Waals surface area contributed by atoms with Gasteiger partial charge < -0.3 is 4.90 Å². The van der Waals surface area contributed by atoms with Crippen LogP contribution in [-0.2, 0) is 10.5 Å². The predicted octanol–water partition coefficient (Wildman–Crippen LogP) is 3.81. The van der Waals surface area contributed by atoms with E-state index in [1.165, 1.54) is 30.1 Å². The Hall–Kier alpha value is -2.39. The Morgan fingerprint density at radius 2 is 2.11 bits per heavy atom. The van der Waals surface area contributed by atoms with Crippen molar-refractivity contribution in [2.75, 3.05) is 24.7 Å². The number of non-ortho nitro benzene ring substituents is 1. The number of nitrogens with zero attached hydrogens (tertiary/aromatic N) is 3. The van der Waals surface area contributed by atoms with E-state index < -0.39 is 4.92 Å². The Bertz CT molecular complexity index is 858. The standard InChI is InChI=1S/C18H19BrN4O3S/c1-22(2)17-7-6-16(23(25)26)9-14(17)10-20-21-18(24)12-27-11-13-4-3-5-15(19)8-13/h3-10H,11-12H2,1-2H3,(H,21,24)/b20-10-. The maximum absolute atomic E-state index is 11.9. The number of nitro benzene ring substituents is 1. The van der Waals surface area contributed by atoms with E-state index in [1.807, 2.05) is 43.3 Å². The number of carbonyl (C=O) groups excluding carboxylic acids is 1. The summed E-state index contributed by atoms with van der Waals surface area (Å²) in [6.07, 6.45) is 1.42. The molecule has 0 saturated carbocycles. The lowest BCUT2D eigenvalue weighted by Gasteiger charge is -2.14. The quantitative estimate of drug-likeness (QED) is 0.375. The van der Waals surface area contributed by atoms with Crippen LogP contribution in [0.25, 0.3) is 0 Å². The lowest BCUT2D eigenvalue weighted by molar-refractivity contribution is -0.384. The van der Waals surface area contributed by atoms with Gasteiger partial charge in [0, 0.05) is 47.7 Å². The number of halogens is 1. The number of benzene rings is 2. The fourth-order valence-electron chi connectivity index (χ4n) is 2.26. The number of hydrogen-bond donors (Lipinski definition) is 1. The molecule has 1 N–H and O–H groups in total. The highest BCUT2D eigenvalue weighted by Gasteiger charge is 2.11. The van der Waals surface area contributed by atoms with Crippen LogP contribution in [-0.4, -0.2) is 36.9 Å². The van der Waals surface area contributed by atoms with Crippen LogP contribution in [0.4, 0.5) is 11.4 Å². The van der Waals surface area contributed by atoms with Crippen molar-refractivity contribution in [3.05, 3.63) is 68.2 Å². The van der Waals surface area contributed by atoms with Crippen molar-refractivity contribution in [2.24, 2.45) is 5.10 Å². The number of hydrazone groups is 1. The molecule has 2 aromatic carbocycles. The molecule has 0 aliphatic carbocycles. The van der Waals surface area contributed by atoms with Gasteiger partial charge in [-0.1, -0.05) is 28.1 Å². The molecule has 0 bridgehead atoms. The van der Waals surface area contributed by atoms with Crippen LogP contribution in [0, 0.1) is 10.1 Å². The molecule has 0 fully saturated rings. The average molecular weight is 451 g/mol. The molecule has 9 heteroatoms. The number of carbonyl (C=O) groups is 1. The van der Waals surface area contributed by atoms with Gasteiger partial charge >= 0.3 is 0 Å². The number of amides is 1. The van der Waals surface area contributed by atoms with Crippen molar-refractivity contribution in [3.63, 3.8) is 0 Å². The zero-order valence-corrected chi connectivity index (χ0v) is 17.3. The van der Waals surface area contributed by atoms with E-state index in [0.717, 1.165) is 15.7 Å². The summed E-state index contributed by atoms with van der Waals surface area (Å²) >= 11 is 4.90. The van der Waals surface area contributed by atoms with Crippen LogP contribution in [0.5, 0.6) is 0 Å². The van der Waals surface area contributed by atoms with Crippen LogP contribution in [0.15, 0.2) is 52.0 Å². The second kappa shape index (κ2) is 10.1. The summed E-state index contributed by atoms with van der Waals surface area (Å²) in [4.78, 5) is 24.2. The molecule has 0 atom stereocenters. The second-order valence-electron chi connectivity index (χ2n) is 5.81. The number of anilines is 1. The summed E-state index contributed by atoms with van der Waals surface area (Å²) in [7, 11) is 3.66. The summed E-state index contributed by atoms with van der Waals surface area (Å²) in [6, 6.07) is 12.4. The lowest BCUT2D eigenvalue weighted by atomic mass is 10.1. The molecule has 0 spiro atoms. The van der Waals surface area contributed by atoms with Crippen molar-refractivity contribution in [1.82, 2.24) is 5.43 Å². The molecule has 27 heavy (non-hydrogen) atoms. The summed E-state index contributed by atoms with van der Waals surface area (Å²) in [6.45, 7) is 0. The largest absolute Gasteiger partial charge is 0.377 e. The number of rotatable bonds is 8. The first-order valence-electron chi connectivity index (χ1n) is 7.96. The summed E-state index contributed by atoms with van der Waals surface area (Å²) in [5, 5.41) is 14.9. The van der Waals surface area contributed by atoms with Gasteiger partial charge in [-0.15, -0.1) is 11.8 Å². The topological polar surface area (TPSA) is 87.8 Å². The van der Waals surface area contributed by atoms with Crippen LogP contribution in [0.3, 0.4) is 0 Å². The van der Waals surface area contributed by atoms with Crippen molar-refractivity contribution in [2.45, 2.75) is 5.75 Å². The predicted molar refractivity (Wildman–Crippen MR) is 113 cm³/mol. The summed E-state index contributed by atoms with van der Waals surface area (Å²) in [5.74, 6) is 0.744.